The monoisotopic (exact) mass is 334 g/mol. The van der Waals surface area contributed by atoms with Crippen LogP contribution in [0.1, 0.15) is 31.9 Å². The Hall–Kier alpha value is -2.95. The van der Waals surface area contributed by atoms with Crippen LogP contribution in [0.3, 0.4) is 0 Å². The molecule has 2 aromatic carbocycles. The summed E-state index contributed by atoms with van der Waals surface area (Å²) in [6.07, 6.45) is 1.01. The van der Waals surface area contributed by atoms with Gasteiger partial charge >= 0.3 is 0 Å². The van der Waals surface area contributed by atoms with E-state index in [-0.39, 0.29) is 5.56 Å². The van der Waals surface area contributed by atoms with E-state index >= 15 is 0 Å². The molecule has 1 heterocycles. The quantitative estimate of drug-likeness (QED) is 0.570. The van der Waals surface area contributed by atoms with Crippen molar-refractivity contribution in [1.82, 2.24) is 9.55 Å². The predicted octanol–water partition coefficient (Wildman–Crippen LogP) is 3.81. The Morgan fingerprint density at radius 1 is 1.12 bits per heavy atom. The highest BCUT2D eigenvalue weighted by atomic mass is 16.1. The second kappa shape index (κ2) is 7.30. The molecule has 0 aliphatic rings. The summed E-state index contributed by atoms with van der Waals surface area (Å²) in [6, 6.07) is 15.7. The standard InChI is InChI=1S/C20H22N4O/c1-4-15-10-12-16(13-11-15)14(3)22-23-20-21-18-9-7-6-8-17(18)19(25)24(20)5-2/h6-13H,4-5H2,1-3H3,(H,21,23)/b22-14-. The molecule has 5 nitrogen and oxygen atoms in total. The zero-order valence-electron chi connectivity index (χ0n) is 14.8. The second-order valence-electron chi connectivity index (χ2n) is 5.86. The van der Waals surface area contributed by atoms with Crippen molar-refractivity contribution in [1.29, 1.82) is 0 Å². The fourth-order valence-electron chi connectivity index (χ4n) is 2.73. The van der Waals surface area contributed by atoms with Crippen molar-refractivity contribution >= 4 is 22.6 Å². The maximum absolute atomic E-state index is 12.6. The smallest absolute Gasteiger partial charge is 0.262 e. The summed E-state index contributed by atoms with van der Waals surface area (Å²) in [7, 11) is 0. The van der Waals surface area contributed by atoms with Crippen LogP contribution in [0, 0.1) is 0 Å². The van der Waals surface area contributed by atoms with Crippen LogP contribution < -0.4 is 11.0 Å². The number of fused-ring (bicyclic) bond motifs is 1. The van der Waals surface area contributed by atoms with Crippen LogP contribution in [0.5, 0.6) is 0 Å². The second-order valence-corrected chi connectivity index (χ2v) is 5.86. The van der Waals surface area contributed by atoms with Gasteiger partial charge in [-0.15, -0.1) is 0 Å². The minimum atomic E-state index is -0.0595. The van der Waals surface area contributed by atoms with Crippen molar-refractivity contribution < 1.29 is 0 Å². The molecule has 0 fully saturated rings. The van der Waals surface area contributed by atoms with Crippen LogP contribution >= 0.6 is 0 Å². The maximum atomic E-state index is 12.6. The molecule has 0 bridgehead atoms. The van der Waals surface area contributed by atoms with Gasteiger partial charge in [-0.25, -0.2) is 10.4 Å². The van der Waals surface area contributed by atoms with Gasteiger partial charge in [-0.3, -0.25) is 9.36 Å². The van der Waals surface area contributed by atoms with Crippen molar-refractivity contribution in [3.63, 3.8) is 0 Å². The minimum Gasteiger partial charge on any atom is -0.277 e. The number of benzene rings is 2. The first-order chi connectivity index (χ1) is 12.1. The summed E-state index contributed by atoms with van der Waals surface area (Å²) in [6.45, 7) is 6.51. The first-order valence-corrected chi connectivity index (χ1v) is 8.53. The largest absolute Gasteiger partial charge is 0.277 e. The molecule has 0 spiro atoms. The van der Waals surface area contributed by atoms with Gasteiger partial charge in [0.1, 0.15) is 0 Å². The normalized spacial score (nSPS) is 11.7. The lowest BCUT2D eigenvalue weighted by atomic mass is 10.1. The molecule has 128 valence electrons. The topological polar surface area (TPSA) is 59.3 Å². The van der Waals surface area contributed by atoms with Crippen LogP contribution in [-0.4, -0.2) is 15.3 Å². The van der Waals surface area contributed by atoms with E-state index in [1.165, 1.54) is 5.56 Å². The number of hydrazone groups is 1. The highest BCUT2D eigenvalue weighted by Crippen LogP contribution is 2.12. The third kappa shape index (κ3) is 3.45. The van der Waals surface area contributed by atoms with E-state index in [9.17, 15) is 4.79 Å². The SMILES string of the molecule is CCc1ccc(/C(C)=N\Nc2nc3ccccc3c(=O)n2CC)cc1. The molecule has 0 aliphatic heterocycles. The molecule has 0 amide bonds. The lowest BCUT2D eigenvalue weighted by molar-refractivity contribution is 0.724. The molecule has 5 heteroatoms. The molecule has 0 atom stereocenters. The molecular formula is C20H22N4O. The summed E-state index contributed by atoms with van der Waals surface area (Å²) in [5.41, 5.74) is 6.74. The van der Waals surface area contributed by atoms with E-state index in [1.807, 2.05) is 32.0 Å². The average Bonchev–Trinajstić information content (AvgIpc) is 2.66. The van der Waals surface area contributed by atoms with Gasteiger partial charge in [0.25, 0.3) is 5.56 Å². The molecule has 0 radical (unpaired) electrons. The molecular weight excluding hydrogens is 312 g/mol. The number of aryl methyl sites for hydroxylation is 1. The van der Waals surface area contributed by atoms with Crippen molar-refractivity contribution in [2.75, 3.05) is 5.43 Å². The van der Waals surface area contributed by atoms with Gasteiger partial charge in [-0.05, 0) is 43.5 Å². The molecule has 25 heavy (non-hydrogen) atoms. The maximum Gasteiger partial charge on any atom is 0.262 e. The zero-order chi connectivity index (χ0) is 17.8. The Morgan fingerprint density at radius 3 is 2.52 bits per heavy atom. The van der Waals surface area contributed by atoms with Gasteiger partial charge in [0, 0.05) is 6.54 Å². The Morgan fingerprint density at radius 2 is 1.84 bits per heavy atom. The minimum absolute atomic E-state index is 0.0595. The summed E-state index contributed by atoms with van der Waals surface area (Å²) in [5.74, 6) is 0.454. The summed E-state index contributed by atoms with van der Waals surface area (Å²) in [5, 5.41) is 5.04. The first-order valence-electron chi connectivity index (χ1n) is 8.53. The highest BCUT2D eigenvalue weighted by Gasteiger charge is 2.09. The predicted molar refractivity (Wildman–Crippen MR) is 103 cm³/mol. The molecule has 0 saturated carbocycles. The van der Waals surface area contributed by atoms with Crippen molar-refractivity contribution in [3.05, 3.63) is 70.0 Å². The fraction of sp³-hybridized carbons (Fsp3) is 0.250. The van der Waals surface area contributed by atoms with Crippen LogP contribution in [0.15, 0.2) is 58.4 Å². The lowest BCUT2D eigenvalue weighted by Crippen LogP contribution is -2.23. The van der Waals surface area contributed by atoms with E-state index in [4.69, 9.17) is 0 Å². The van der Waals surface area contributed by atoms with Crippen LogP contribution in [0.25, 0.3) is 10.9 Å². The Labute approximate surface area is 147 Å². The molecule has 1 N–H and O–H groups in total. The molecule has 3 rings (SSSR count). The number of aromatic nitrogens is 2. The summed E-state index contributed by atoms with van der Waals surface area (Å²) < 4.78 is 1.60. The van der Waals surface area contributed by atoms with E-state index in [1.54, 1.807) is 10.6 Å². The third-order valence-corrected chi connectivity index (χ3v) is 4.28. The third-order valence-electron chi connectivity index (χ3n) is 4.28. The fourth-order valence-corrected chi connectivity index (χ4v) is 2.73. The van der Waals surface area contributed by atoms with Crippen LogP contribution in [0.4, 0.5) is 5.95 Å². The van der Waals surface area contributed by atoms with Crippen molar-refractivity contribution in [2.45, 2.75) is 33.7 Å². The average molecular weight is 334 g/mol. The number of nitrogens with zero attached hydrogens (tertiary/aromatic N) is 3. The molecule has 3 aromatic rings. The van der Waals surface area contributed by atoms with Crippen molar-refractivity contribution in [3.8, 4) is 0 Å². The molecule has 1 aromatic heterocycles. The first kappa shape index (κ1) is 16.9. The number of hydrogen-bond donors (Lipinski definition) is 1. The summed E-state index contributed by atoms with van der Waals surface area (Å²) in [4.78, 5) is 17.1. The van der Waals surface area contributed by atoms with E-state index in [2.05, 4.69) is 46.7 Å². The number of hydrogen-bond acceptors (Lipinski definition) is 4. The molecule has 0 aliphatic carbocycles. The van der Waals surface area contributed by atoms with Crippen molar-refractivity contribution in [2.24, 2.45) is 5.10 Å². The molecule has 0 saturated heterocycles. The van der Waals surface area contributed by atoms with Crippen LogP contribution in [-0.2, 0) is 13.0 Å². The Bertz CT molecular complexity index is 971. The Kier molecular flexibility index (Phi) is 4.93. The molecule has 0 unspecified atom stereocenters. The van der Waals surface area contributed by atoms with Gasteiger partial charge < -0.3 is 0 Å². The van der Waals surface area contributed by atoms with Gasteiger partial charge in [-0.2, -0.15) is 5.10 Å². The Balaban J connectivity index is 1.95. The number of nitrogens with one attached hydrogen (secondary N) is 1. The highest BCUT2D eigenvalue weighted by molar-refractivity contribution is 5.99. The van der Waals surface area contributed by atoms with Gasteiger partial charge in [0.2, 0.25) is 5.95 Å². The number of rotatable bonds is 5. The van der Waals surface area contributed by atoms with Gasteiger partial charge in [-0.1, -0.05) is 43.3 Å². The zero-order valence-corrected chi connectivity index (χ0v) is 14.8. The summed E-state index contributed by atoms with van der Waals surface area (Å²) >= 11 is 0. The van der Waals surface area contributed by atoms with Gasteiger partial charge in [0.05, 0.1) is 16.6 Å². The number of anilines is 1. The van der Waals surface area contributed by atoms with Crippen LogP contribution in [0.2, 0.25) is 0 Å². The van der Waals surface area contributed by atoms with E-state index in [0.717, 1.165) is 17.7 Å². The lowest BCUT2D eigenvalue weighted by Gasteiger charge is -2.11. The van der Waals surface area contributed by atoms with Gasteiger partial charge in [0.15, 0.2) is 0 Å². The number of para-hydroxylation sites is 1. The van der Waals surface area contributed by atoms with E-state index in [0.29, 0.717) is 23.4 Å². The van der Waals surface area contributed by atoms with E-state index < -0.39 is 0 Å².